The molecule has 0 bridgehead atoms. The zero-order valence-electron chi connectivity index (χ0n) is 9.78. The Morgan fingerprint density at radius 1 is 1.44 bits per heavy atom. The number of rotatable bonds is 3. The van der Waals surface area contributed by atoms with Crippen molar-refractivity contribution >= 4 is 6.29 Å². The van der Waals surface area contributed by atoms with Crippen molar-refractivity contribution in [3.8, 4) is 5.75 Å². The Kier molecular flexibility index (Phi) is 3.88. The van der Waals surface area contributed by atoms with Crippen LogP contribution >= 0.6 is 0 Å². The van der Waals surface area contributed by atoms with Crippen molar-refractivity contribution in [3.63, 3.8) is 0 Å². The first kappa shape index (κ1) is 12.9. The van der Waals surface area contributed by atoms with Gasteiger partial charge >= 0.3 is 0 Å². The molecule has 6 heteroatoms. The highest BCUT2D eigenvalue weighted by Crippen LogP contribution is 2.31. The standard InChI is InChI=1S/C12H13F2NO3/c1-17-12-8(2-3-9(13)11(12)14)10-6-18-5-7(4-16)15-10/h2-4,7,10,15H,5-6H2,1H3. The molecule has 1 N–H and O–H groups in total. The van der Waals surface area contributed by atoms with E-state index in [1.165, 1.54) is 13.2 Å². The lowest BCUT2D eigenvalue weighted by Crippen LogP contribution is -2.44. The molecule has 2 atom stereocenters. The Morgan fingerprint density at radius 3 is 2.89 bits per heavy atom. The molecule has 98 valence electrons. The first-order valence-electron chi connectivity index (χ1n) is 5.48. The molecule has 2 rings (SSSR count). The number of methoxy groups -OCH3 is 1. The van der Waals surface area contributed by atoms with Crippen LogP contribution in [0.15, 0.2) is 12.1 Å². The van der Waals surface area contributed by atoms with Gasteiger partial charge in [-0.1, -0.05) is 6.07 Å². The fraction of sp³-hybridized carbons (Fsp3) is 0.417. The van der Waals surface area contributed by atoms with E-state index in [9.17, 15) is 13.6 Å². The van der Waals surface area contributed by atoms with Gasteiger partial charge in [0.2, 0.25) is 5.82 Å². The zero-order chi connectivity index (χ0) is 13.1. The average Bonchev–Trinajstić information content (AvgIpc) is 2.41. The molecule has 0 radical (unpaired) electrons. The predicted octanol–water partition coefficient (Wildman–Crippen LogP) is 1.20. The Morgan fingerprint density at radius 2 is 2.22 bits per heavy atom. The van der Waals surface area contributed by atoms with Gasteiger partial charge in [-0.2, -0.15) is 4.39 Å². The van der Waals surface area contributed by atoms with Gasteiger partial charge in [0.15, 0.2) is 11.6 Å². The minimum Gasteiger partial charge on any atom is -0.493 e. The molecule has 1 aromatic carbocycles. The third-order valence-electron chi connectivity index (χ3n) is 2.82. The van der Waals surface area contributed by atoms with Crippen LogP contribution in [0.2, 0.25) is 0 Å². The van der Waals surface area contributed by atoms with Crippen LogP contribution < -0.4 is 10.1 Å². The van der Waals surface area contributed by atoms with Crippen molar-refractivity contribution in [2.24, 2.45) is 0 Å². The van der Waals surface area contributed by atoms with E-state index in [2.05, 4.69) is 5.32 Å². The highest BCUT2D eigenvalue weighted by atomic mass is 19.2. The molecule has 0 aromatic heterocycles. The lowest BCUT2D eigenvalue weighted by Gasteiger charge is -2.29. The van der Waals surface area contributed by atoms with Gasteiger partial charge in [-0.3, -0.25) is 5.32 Å². The molecule has 1 saturated heterocycles. The number of benzene rings is 1. The van der Waals surface area contributed by atoms with Crippen molar-refractivity contribution in [2.75, 3.05) is 20.3 Å². The number of ether oxygens (including phenoxy) is 2. The summed E-state index contributed by atoms with van der Waals surface area (Å²) in [5, 5.41) is 2.98. The summed E-state index contributed by atoms with van der Waals surface area (Å²) >= 11 is 0. The van der Waals surface area contributed by atoms with Crippen molar-refractivity contribution in [3.05, 3.63) is 29.3 Å². The van der Waals surface area contributed by atoms with Crippen LogP contribution in [0.4, 0.5) is 8.78 Å². The third-order valence-corrected chi connectivity index (χ3v) is 2.82. The number of morpholine rings is 1. The number of hydrogen-bond acceptors (Lipinski definition) is 4. The Balaban J connectivity index is 2.32. The van der Waals surface area contributed by atoms with E-state index < -0.39 is 23.7 Å². The van der Waals surface area contributed by atoms with Crippen molar-refractivity contribution < 1.29 is 23.0 Å². The molecule has 2 unspecified atom stereocenters. The summed E-state index contributed by atoms with van der Waals surface area (Å²) in [5.41, 5.74) is 0.433. The second-order valence-electron chi connectivity index (χ2n) is 3.98. The summed E-state index contributed by atoms with van der Waals surface area (Å²) in [6, 6.07) is 1.59. The quantitative estimate of drug-likeness (QED) is 0.827. The van der Waals surface area contributed by atoms with Crippen LogP contribution in [0.1, 0.15) is 11.6 Å². The molecule has 18 heavy (non-hydrogen) atoms. The number of carbonyl (C=O) groups is 1. The van der Waals surface area contributed by atoms with Gasteiger partial charge < -0.3 is 14.3 Å². The van der Waals surface area contributed by atoms with E-state index in [0.29, 0.717) is 5.56 Å². The summed E-state index contributed by atoms with van der Waals surface area (Å²) < 4.78 is 36.8. The van der Waals surface area contributed by atoms with E-state index in [4.69, 9.17) is 9.47 Å². The van der Waals surface area contributed by atoms with E-state index in [-0.39, 0.29) is 19.0 Å². The van der Waals surface area contributed by atoms with Crippen molar-refractivity contribution in [1.29, 1.82) is 0 Å². The molecule has 1 aliphatic rings. The van der Waals surface area contributed by atoms with Gasteiger partial charge in [0.25, 0.3) is 0 Å². The fourth-order valence-electron chi connectivity index (χ4n) is 1.95. The summed E-state index contributed by atoms with van der Waals surface area (Å²) in [5.74, 6) is -2.17. The van der Waals surface area contributed by atoms with Gasteiger partial charge in [0.05, 0.1) is 32.4 Å². The van der Waals surface area contributed by atoms with Crippen LogP contribution in [-0.2, 0) is 9.53 Å². The van der Waals surface area contributed by atoms with Crippen molar-refractivity contribution in [1.82, 2.24) is 5.32 Å². The summed E-state index contributed by atoms with van der Waals surface area (Å²) in [6.45, 7) is 0.539. The van der Waals surface area contributed by atoms with Crippen LogP contribution in [0.5, 0.6) is 5.75 Å². The van der Waals surface area contributed by atoms with Gasteiger partial charge in [-0.25, -0.2) is 4.39 Å². The second kappa shape index (κ2) is 5.41. The molecule has 0 spiro atoms. The number of hydrogen-bond donors (Lipinski definition) is 1. The van der Waals surface area contributed by atoms with Crippen LogP contribution in [0, 0.1) is 11.6 Å². The fourth-order valence-corrected chi connectivity index (χ4v) is 1.95. The third kappa shape index (κ3) is 2.34. The Hall–Kier alpha value is -1.53. The first-order chi connectivity index (χ1) is 8.67. The number of carbonyl (C=O) groups excluding carboxylic acids is 1. The maximum atomic E-state index is 13.6. The summed E-state index contributed by atoms with van der Waals surface area (Å²) in [4.78, 5) is 10.7. The van der Waals surface area contributed by atoms with Gasteiger partial charge in [-0.05, 0) is 6.07 Å². The highest BCUT2D eigenvalue weighted by Gasteiger charge is 2.27. The summed E-state index contributed by atoms with van der Waals surface area (Å²) in [6.07, 6.45) is 0.721. The monoisotopic (exact) mass is 257 g/mol. The maximum Gasteiger partial charge on any atom is 0.200 e. The smallest absolute Gasteiger partial charge is 0.200 e. The van der Waals surface area contributed by atoms with Crippen LogP contribution in [-0.4, -0.2) is 32.7 Å². The van der Waals surface area contributed by atoms with Crippen molar-refractivity contribution in [2.45, 2.75) is 12.1 Å². The van der Waals surface area contributed by atoms with Gasteiger partial charge in [0, 0.05) is 5.56 Å². The molecule has 0 amide bonds. The maximum absolute atomic E-state index is 13.6. The zero-order valence-corrected chi connectivity index (χ0v) is 9.78. The van der Waals surface area contributed by atoms with E-state index in [0.717, 1.165) is 12.4 Å². The molecular weight excluding hydrogens is 244 g/mol. The number of halogens is 2. The summed E-state index contributed by atoms with van der Waals surface area (Å²) in [7, 11) is 1.27. The largest absolute Gasteiger partial charge is 0.493 e. The SMILES string of the molecule is COc1c(C2COCC(C=O)N2)ccc(F)c1F. The predicted molar refractivity (Wildman–Crippen MR) is 59.5 cm³/mol. The average molecular weight is 257 g/mol. The normalized spacial score (nSPS) is 23.7. The highest BCUT2D eigenvalue weighted by molar-refractivity contribution is 5.58. The van der Waals surface area contributed by atoms with Crippen LogP contribution in [0.3, 0.4) is 0 Å². The Labute approximate surface area is 103 Å². The van der Waals surface area contributed by atoms with E-state index >= 15 is 0 Å². The van der Waals surface area contributed by atoms with E-state index in [1.807, 2.05) is 0 Å². The topological polar surface area (TPSA) is 47.6 Å². The van der Waals surface area contributed by atoms with E-state index in [1.54, 1.807) is 0 Å². The van der Waals surface area contributed by atoms with Gasteiger partial charge in [-0.15, -0.1) is 0 Å². The van der Waals surface area contributed by atoms with Gasteiger partial charge in [0.1, 0.15) is 6.29 Å². The first-order valence-corrected chi connectivity index (χ1v) is 5.48. The Bertz CT molecular complexity index is 453. The lowest BCUT2D eigenvalue weighted by molar-refractivity contribution is -0.112. The second-order valence-corrected chi connectivity index (χ2v) is 3.98. The molecule has 1 aliphatic heterocycles. The number of aldehydes is 1. The lowest BCUT2D eigenvalue weighted by atomic mass is 10.0. The molecule has 0 saturated carbocycles. The molecule has 1 aromatic rings. The minimum atomic E-state index is -1.04. The molecular formula is C12H13F2NO3. The van der Waals surface area contributed by atoms with Crippen LogP contribution in [0.25, 0.3) is 0 Å². The minimum absolute atomic E-state index is 0.164. The number of nitrogens with one attached hydrogen (secondary N) is 1. The molecule has 4 nitrogen and oxygen atoms in total. The molecule has 1 fully saturated rings. The molecule has 1 heterocycles. The molecule has 0 aliphatic carbocycles.